The van der Waals surface area contributed by atoms with Gasteiger partial charge in [0.1, 0.15) is 0 Å². The van der Waals surface area contributed by atoms with Crippen LogP contribution in [0.2, 0.25) is 0 Å². The zero-order valence-electron chi connectivity index (χ0n) is 42.7. The smallest absolute Gasteiger partial charge is 0.0665 e. The van der Waals surface area contributed by atoms with Crippen LogP contribution in [-0.2, 0) is 29.3 Å². The molecular weight excluding hydrogens is 819 g/mol. The van der Waals surface area contributed by atoms with Gasteiger partial charge in [0.2, 0.25) is 0 Å². The van der Waals surface area contributed by atoms with Gasteiger partial charge < -0.3 is 0 Å². The van der Waals surface area contributed by atoms with Crippen molar-refractivity contribution in [1.82, 2.24) is 0 Å². The molecule has 0 aliphatic rings. The van der Waals surface area contributed by atoms with Gasteiger partial charge in [0.25, 0.3) is 0 Å². The molecule has 2 aromatic carbocycles. The summed E-state index contributed by atoms with van der Waals surface area (Å²) in [6, 6.07) is 18.1. The Morgan fingerprint density at radius 1 is 0.328 bits per heavy atom. The van der Waals surface area contributed by atoms with Gasteiger partial charge in [-0.25, -0.2) is 0 Å². The Morgan fingerprint density at radius 3 is 0.922 bits per heavy atom. The van der Waals surface area contributed by atoms with Gasteiger partial charge in [-0.2, -0.15) is 0 Å². The zero-order valence-corrected chi connectivity index (χ0v) is 43.7. The van der Waals surface area contributed by atoms with E-state index in [0.717, 1.165) is 38.5 Å². The first-order valence-electron chi connectivity index (χ1n) is 27.8. The molecule has 2 aromatic rings. The standard InChI is InChI=1S/C61H102N2.Ni/c1-5-9-13-17-21-24-27-28-29-32-35-39-43-55-61(63-59-53-47-45-51-57(59)49-41-37-34-31-26-23-19-15-11-7-3)60(54-42-38-20-16-12-8-4)62-58-52-46-44-50-56(58)48-40-36-33-30-25-22-18-14-10-6-2;/h30-31,33-34,44-47,50-53H,5-29,32,35-43,48-49,54-55H2,1-4H3;/b33-30+,34-31+,62-60?,63-61?;. The van der Waals surface area contributed by atoms with E-state index >= 15 is 0 Å². The van der Waals surface area contributed by atoms with E-state index in [4.69, 9.17) is 9.98 Å². The molecule has 0 amide bonds. The van der Waals surface area contributed by atoms with Crippen molar-refractivity contribution in [3.05, 3.63) is 84.0 Å². The molecular formula is C61H102N2Ni. The molecule has 0 spiro atoms. The fourth-order valence-electron chi connectivity index (χ4n) is 8.89. The van der Waals surface area contributed by atoms with Gasteiger partial charge in [0.15, 0.2) is 0 Å². The third-order valence-corrected chi connectivity index (χ3v) is 13.0. The maximum absolute atomic E-state index is 5.66. The third kappa shape index (κ3) is 33.3. The number of aryl methyl sites for hydroxylation is 2. The topological polar surface area (TPSA) is 24.7 Å². The van der Waals surface area contributed by atoms with E-state index in [1.54, 1.807) is 0 Å². The quantitative estimate of drug-likeness (QED) is 0.0274. The largest absolute Gasteiger partial charge is 0.251 e. The summed E-state index contributed by atoms with van der Waals surface area (Å²) in [5.74, 6) is 0. The minimum Gasteiger partial charge on any atom is -0.251 e. The van der Waals surface area contributed by atoms with Crippen LogP contribution in [0.4, 0.5) is 11.4 Å². The normalized spacial score (nSPS) is 12.2. The van der Waals surface area contributed by atoms with Crippen LogP contribution >= 0.6 is 0 Å². The fourth-order valence-corrected chi connectivity index (χ4v) is 8.89. The second kappa shape index (κ2) is 45.9. The third-order valence-electron chi connectivity index (χ3n) is 13.0. The predicted octanol–water partition coefficient (Wildman–Crippen LogP) is 21.2. The first-order valence-corrected chi connectivity index (χ1v) is 27.8. The first kappa shape index (κ1) is 59.8. The Bertz CT molecular complexity index is 1440. The van der Waals surface area contributed by atoms with Gasteiger partial charge in [-0.15, -0.1) is 0 Å². The SMILES string of the molecule is CCCCCCC/C=C/CCCc1ccccc1N=C(CCCCCCCC)C(CCCCCCCCCCCCCCC)=Nc1ccccc1CCC/C=C/CCCCCCC.[Ni]. The van der Waals surface area contributed by atoms with Crippen molar-refractivity contribution in [2.45, 2.75) is 278 Å². The number of para-hydroxylation sites is 2. The maximum atomic E-state index is 5.66. The van der Waals surface area contributed by atoms with Crippen LogP contribution in [0.5, 0.6) is 0 Å². The van der Waals surface area contributed by atoms with E-state index in [2.05, 4.69) is 101 Å². The Balaban J connectivity index is 0.0000205. The van der Waals surface area contributed by atoms with Crippen LogP contribution in [0.3, 0.4) is 0 Å². The van der Waals surface area contributed by atoms with Crippen molar-refractivity contribution in [1.29, 1.82) is 0 Å². The van der Waals surface area contributed by atoms with Crippen LogP contribution < -0.4 is 0 Å². The summed E-state index contributed by atoms with van der Waals surface area (Å²) in [5, 5.41) is 0. The van der Waals surface area contributed by atoms with E-state index in [1.807, 2.05) is 0 Å². The fraction of sp³-hybridized carbons (Fsp3) is 0.705. The Morgan fingerprint density at radius 2 is 0.594 bits per heavy atom. The molecule has 0 atom stereocenters. The van der Waals surface area contributed by atoms with Crippen LogP contribution in [0.25, 0.3) is 0 Å². The molecule has 366 valence electrons. The number of nitrogens with zero attached hydrogens (tertiary/aromatic N) is 2. The van der Waals surface area contributed by atoms with Crippen molar-refractivity contribution in [2.24, 2.45) is 9.98 Å². The molecule has 3 heteroatoms. The summed E-state index contributed by atoms with van der Waals surface area (Å²) in [4.78, 5) is 11.3. The van der Waals surface area contributed by atoms with Gasteiger partial charge in [-0.05, 0) is 113 Å². The van der Waals surface area contributed by atoms with Crippen LogP contribution in [-0.4, -0.2) is 11.4 Å². The van der Waals surface area contributed by atoms with Gasteiger partial charge >= 0.3 is 0 Å². The number of hydrogen-bond donors (Lipinski definition) is 0. The molecule has 0 fully saturated rings. The second-order valence-electron chi connectivity index (χ2n) is 19.0. The summed E-state index contributed by atoms with van der Waals surface area (Å²) in [7, 11) is 0. The monoisotopic (exact) mass is 921 g/mol. The van der Waals surface area contributed by atoms with Crippen LogP contribution in [0.15, 0.2) is 82.8 Å². The molecule has 0 radical (unpaired) electrons. The van der Waals surface area contributed by atoms with Crippen molar-refractivity contribution < 1.29 is 16.5 Å². The van der Waals surface area contributed by atoms with Gasteiger partial charge in [-0.1, -0.05) is 249 Å². The summed E-state index contributed by atoms with van der Waals surface area (Å²) < 4.78 is 0. The molecule has 0 bridgehead atoms. The zero-order chi connectivity index (χ0) is 44.9. The predicted molar refractivity (Wildman–Crippen MR) is 286 cm³/mol. The molecule has 0 saturated heterocycles. The number of hydrogen-bond acceptors (Lipinski definition) is 2. The molecule has 0 heterocycles. The average molecular weight is 922 g/mol. The van der Waals surface area contributed by atoms with E-state index < -0.39 is 0 Å². The number of unbranched alkanes of at least 4 members (excludes halogenated alkanes) is 29. The maximum Gasteiger partial charge on any atom is 0.0665 e. The molecule has 0 unspecified atom stereocenters. The molecule has 64 heavy (non-hydrogen) atoms. The van der Waals surface area contributed by atoms with Crippen LogP contribution in [0, 0.1) is 0 Å². The summed E-state index contributed by atoms with van der Waals surface area (Å²) in [6.07, 6.45) is 60.3. The van der Waals surface area contributed by atoms with E-state index in [-0.39, 0.29) is 16.5 Å². The molecule has 2 nitrogen and oxygen atoms in total. The first-order chi connectivity index (χ1) is 31.2. The summed E-state index contributed by atoms with van der Waals surface area (Å²) in [6.45, 7) is 9.23. The minimum absolute atomic E-state index is 0. The molecule has 0 saturated carbocycles. The number of rotatable bonds is 44. The Labute approximate surface area is 409 Å². The van der Waals surface area contributed by atoms with Crippen molar-refractivity contribution in [2.75, 3.05) is 0 Å². The second-order valence-corrected chi connectivity index (χ2v) is 19.0. The molecule has 0 aliphatic carbocycles. The van der Waals surface area contributed by atoms with E-state index in [0.29, 0.717) is 0 Å². The van der Waals surface area contributed by atoms with E-state index in [1.165, 1.54) is 246 Å². The summed E-state index contributed by atoms with van der Waals surface area (Å²) in [5.41, 5.74) is 7.61. The molecule has 0 N–H and O–H groups in total. The summed E-state index contributed by atoms with van der Waals surface area (Å²) >= 11 is 0. The van der Waals surface area contributed by atoms with Crippen molar-refractivity contribution in [3.63, 3.8) is 0 Å². The van der Waals surface area contributed by atoms with Gasteiger partial charge in [-0.3, -0.25) is 9.98 Å². The van der Waals surface area contributed by atoms with E-state index in [9.17, 15) is 0 Å². The Kier molecular flexibility index (Phi) is 42.9. The number of allylic oxidation sites excluding steroid dienone is 4. The van der Waals surface area contributed by atoms with Crippen LogP contribution in [0.1, 0.15) is 276 Å². The average Bonchev–Trinajstić information content (AvgIpc) is 3.30. The Hall–Kier alpha value is -2.25. The number of benzene rings is 2. The van der Waals surface area contributed by atoms with Gasteiger partial charge in [0.05, 0.1) is 22.8 Å². The molecule has 0 aliphatic heterocycles. The molecule has 0 aromatic heterocycles. The number of aliphatic imine (C=N–C) groups is 2. The van der Waals surface area contributed by atoms with Crippen molar-refractivity contribution in [3.8, 4) is 0 Å². The van der Waals surface area contributed by atoms with Gasteiger partial charge in [0, 0.05) is 16.5 Å². The molecule has 2 rings (SSSR count). The minimum atomic E-state index is 0. The van der Waals surface area contributed by atoms with Crippen molar-refractivity contribution >= 4 is 22.8 Å².